The second kappa shape index (κ2) is 6.66. The van der Waals surface area contributed by atoms with Crippen LogP contribution < -0.4 is 5.32 Å². The van der Waals surface area contributed by atoms with Crippen LogP contribution in [-0.2, 0) is 9.53 Å². The van der Waals surface area contributed by atoms with Crippen molar-refractivity contribution in [1.82, 2.24) is 15.3 Å². The van der Waals surface area contributed by atoms with Crippen LogP contribution in [0.2, 0.25) is 0 Å². The van der Waals surface area contributed by atoms with Gasteiger partial charge in [0.15, 0.2) is 5.16 Å². The van der Waals surface area contributed by atoms with Gasteiger partial charge in [0.1, 0.15) is 5.54 Å². The Bertz CT molecular complexity index is 342. The maximum Gasteiger partial charge on any atom is 0.326 e. The summed E-state index contributed by atoms with van der Waals surface area (Å²) < 4.78 is 5.08. The first kappa shape index (κ1) is 14.1. The van der Waals surface area contributed by atoms with Crippen molar-refractivity contribution < 1.29 is 9.53 Å². The molecule has 0 aliphatic carbocycles. The molecule has 1 heterocycles. The lowest BCUT2D eigenvalue weighted by Gasteiger charge is -2.27. The lowest BCUT2D eigenvalue weighted by Crippen LogP contribution is -2.52. The summed E-state index contributed by atoms with van der Waals surface area (Å²) in [6, 6.07) is 0. The number of carbonyl (C=O) groups excluding carboxylic acids is 1. The first-order chi connectivity index (χ1) is 8.12. The molecule has 0 amide bonds. The number of hydrogen-bond acceptors (Lipinski definition) is 5. The second-order valence-corrected chi connectivity index (χ2v) is 4.73. The highest BCUT2D eigenvalue weighted by Gasteiger charge is 2.34. The monoisotopic (exact) mass is 257 g/mol. The molecule has 1 aromatic rings. The van der Waals surface area contributed by atoms with Crippen molar-refractivity contribution in [2.24, 2.45) is 0 Å². The number of ether oxygens (including phenoxy) is 1. The van der Waals surface area contributed by atoms with Crippen LogP contribution in [0, 0.1) is 0 Å². The van der Waals surface area contributed by atoms with E-state index in [0.717, 1.165) is 5.16 Å². The molecular formula is C11H19N3O2S. The number of thioether (sulfide) groups is 1. The Morgan fingerprint density at radius 2 is 2.41 bits per heavy atom. The molecule has 2 N–H and O–H groups in total. The Balaban J connectivity index is 2.60. The number of imidazole rings is 1. The number of nitrogens with one attached hydrogen (secondary N) is 2. The average Bonchev–Trinajstić information content (AvgIpc) is 2.80. The molecule has 5 nitrogen and oxygen atoms in total. The number of aromatic amines is 1. The molecule has 0 aromatic carbocycles. The molecule has 1 rings (SSSR count). The molecule has 1 atom stereocenters. The summed E-state index contributed by atoms with van der Waals surface area (Å²) in [5.41, 5.74) is -0.678. The molecule has 0 aliphatic rings. The molecule has 0 saturated heterocycles. The highest BCUT2D eigenvalue weighted by atomic mass is 32.2. The first-order valence-electron chi connectivity index (χ1n) is 5.66. The van der Waals surface area contributed by atoms with E-state index in [2.05, 4.69) is 15.3 Å². The van der Waals surface area contributed by atoms with Gasteiger partial charge in [0.25, 0.3) is 0 Å². The number of likely N-dealkylation sites (N-methyl/N-ethyl adjacent to an activating group) is 1. The zero-order chi connectivity index (χ0) is 12.7. The molecule has 0 aliphatic heterocycles. The van der Waals surface area contributed by atoms with Gasteiger partial charge in [0, 0.05) is 18.1 Å². The molecular weight excluding hydrogens is 238 g/mol. The van der Waals surface area contributed by atoms with Crippen LogP contribution in [0.3, 0.4) is 0 Å². The smallest absolute Gasteiger partial charge is 0.326 e. The van der Waals surface area contributed by atoms with Crippen molar-refractivity contribution in [3.8, 4) is 0 Å². The van der Waals surface area contributed by atoms with Gasteiger partial charge < -0.3 is 15.0 Å². The molecule has 1 unspecified atom stereocenters. The standard InChI is InChI=1S/C11H19N3O2S/c1-4-14-11(3,9(15)16-5-2)8-17-10-12-6-7-13-10/h6-7,14H,4-5,8H2,1-3H3,(H,12,13). The van der Waals surface area contributed by atoms with Gasteiger partial charge in [-0.15, -0.1) is 0 Å². The van der Waals surface area contributed by atoms with Gasteiger partial charge in [0.05, 0.1) is 6.61 Å². The highest BCUT2D eigenvalue weighted by Crippen LogP contribution is 2.20. The van der Waals surface area contributed by atoms with Crippen LogP contribution >= 0.6 is 11.8 Å². The first-order valence-corrected chi connectivity index (χ1v) is 6.65. The van der Waals surface area contributed by atoms with E-state index in [9.17, 15) is 4.79 Å². The fourth-order valence-corrected chi connectivity index (χ4v) is 2.34. The quantitative estimate of drug-likeness (QED) is 0.571. The van der Waals surface area contributed by atoms with E-state index >= 15 is 0 Å². The Labute approximate surface area is 106 Å². The Morgan fingerprint density at radius 1 is 1.65 bits per heavy atom. The van der Waals surface area contributed by atoms with Crippen LogP contribution in [0.15, 0.2) is 17.6 Å². The van der Waals surface area contributed by atoms with E-state index in [1.54, 1.807) is 12.4 Å². The molecule has 17 heavy (non-hydrogen) atoms. The van der Waals surface area contributed by atoms with Crippen LogP contribution in [0.5, 0.6) is 0 Å². The van der Waals surface area contributed by atoms with Crippen LogP contribution in [-0.4, -0.2) is 40.4 Å². The van der Waals surface area contributed by atoms with Gasteiger partial charge in [-0.25, -0.2) is 4.98 Å². The average molecular weight is 257 g/mol. The summed E-state index contributed by atoms with van der Waals surface area (Å²) in [5, 5.41) is 3.97. The van der Waals surface area contributed by atoms with Gasteiger partial charge in [-0.3, -0.25) is 4.79 Å². The van der Waals surface area contributed by atoms with Gasteiger partial charge in [-0.2, -0.15) is 0 Å². The number of hydrogen-bond donors (Lipinski definition) is 2. The zero-order valence-electron chi connectivity index (χ0n) is 10.4. The summed E-state index contributed by atoms with van der Waals surface area (Å²) in [6.45, 7) is 6.74. The van der Waals surface area contributed by atoms with Crippen molar-refractivity contribution in [2.75, 3.05) is 18.9 Å². The van der Waals surface area contributed by atoms with Gasteiger partial charge in [0.2, 0.25) is 0 Å². The lowest BCUT2D eigenvalue weighted by molar-refractivity contribution is -0.149. The van der Waals surface area contributed by atoms with E-state index in [1.807, 2.05) is 20.8 Å². The minimum Gasteiger partial charge on any atom is -0.465 e. The Kier molecular flexibility index (Phi) is 5.50. The zero-order valence-corrected chi connectivity index (χ0v) is 11.3. The summed E-state index contributed by atoms with van der Waals surface area (Å²) in [5.74, 6) is 0.355. The third-order valence-electron chi connectivity index (χ3n) is 2.26. The van der Waals surface area contributed by atoms with E-state index in [4.69, 9.17) is 4.74 Å². The molecule has 6 heteroatoms. The summed E-state index contributed by atoms with van der Waals surface area (Å²) >= 11 is 1.50. The molecule has 0 radical (unpaired) electrons. The Hall–Kier alpha value is -1.01. The number of aromatic nitrogens is 2. The maximum absolute atomic E-state index is 11.9. The predicted octanol–water partition coefficient (Wildman–Crippen LogP) is 1.43. The number of nitrogens with zero attached hydrogens (tertiary/aromatic N) is 1. The topological polar surface area (TPSA) is 67.0 Å². The molecule has 0 bridgehead atoms. The predicted molar refractivity (Wildman–Crippen MR) is 68.0 cm³/mol. The largest absolute Gasteiger partial charge is 0.465 e. The molecule has 0 spiro atoms. The van der Waals surface area contributed by atoms with Gasteiger partial charge >= 0.3 is 5.97 Å². The third kappa shape index (κ3) is 4.05. The Morgan fingerprint density at radius 3 is 2.94 bits per heavy atom. The lowest BCUT2D eigenvalue weighted by atomic mass is 10.1. The fourth-order valence-electron chi connectivity index (χ4n) is 1.41. The molecule has 0 fully saturated rings. The highest BCUT2D eigenvalue weighted by molar-refractivity contribution is 7.99. The van der Waals surface area contributed by atoms with E-state index in [-0.39, 0.29) is 5.97 Å². The van der Waals surface area contributed by atoms with Crippen LogP contribution in [0.25, 0.3) is 0 Å². The number of rotatable bonds is 7. The van der Waals surface area contributed by atoms with Crippen molar-refractivity contribution in [2.45, 2.75) is 31.5 Å². The number of H-pyrrole nitrogens is 1. The van der Waals surface area contributed by atoms with Crippen LogP contribution in [0.1, 0.15) is 20.8 Å². The fraction of sp³-hybridized carbons (Fsp3) is 0.636. The summed E-state index contributed by atoms with van der Waals surface area (Å²) in [4.78, 5) is 19.0. The molecule has 0 saturated carbocycles. The van der Waals surface area contributed by atoms with Crippen LogP contribution in [0.4, 0.5) is 0 Å². The van der Waals surface area contributed by atoms with Crippen molar-refractivity contribution in [3.05, 3.63) is 12.4 Å². The SMILES string of the molecule is CCNC(C)(CSc1ncc[nH]1)C(=O)OCC. The summed E-state index contributed by atoms with van der Waals surface area (Å²) in [6.07, 6.45) is 3.45. The van der Waals surface area contributed by atoms with Gasteiger partial charge in [-0.1, -0.05) is 18.7 Å². The maximum atomic E-state index is 11.9. The minimum atomic E-state index is -0.678. The second-order valence-electron chi connectivity index (χ2n) is 3.77. The van der Waals surface area contributed by atoms with E-state index in [1.165, 1.54) is 11.8 Å². The van der Waals surface area contributed by atoms with Gasteiger partial charge in [-0.05, 0) is 20.4 Å². The van der Waals surface area contributed by atoms with E-state index in [0.29, 0.717) is 18.9 Å². The minimum absolute atomic E-state index is 0.221. The number of esters is 1. The molecule has 1 aromatic heterocycles. The van der Waals surface area contributed by atoms with Crippen molar-refractivity contribution in [1.29, 1.82) is 0 Å². The van der Waals surface area contributed by atoms with E-state index < -0.39 is 5.54 Å². The number of carbonyl (C=O) groups is 1. The third-order valence-corrected chi connectivity index (χ3v) is 3.48. The molecule has 96 valence electrons. The summed E-state index contributed by atoms with van der Waals surface area (Å²) in [7, 11) is 0. The van der Waals surface area contributed by atoms with Crippen molar-refractivity contribution in [3.63, 3.8) is 0 Å². The normalized spacial score (nSPS) is 14.3. The van der Waals surface area contributed by atoms with Crippen molar-refractivity contribution >= 4 is 17.7 Å².